The van der Waals surface area contributed by atoms with Gasteiger partial charge in [-0.1, -0.05) is 0 Å². The zero-order valence-corrected chi connectivity index (χ0v) is 14.5. The van der Waals surface area contributed by atoms with Crippen molar-refractivity contribution in [3.8, 4) is 0 Å². The largest absolute Gasteiger partial charge is 0.454 e. The molecule has 0 saturated carbocycles. The van der Waals surface area contributed by atoms with Crippen LogP contribution in [0.4, 0.5) is 4.79 Å². The second kappa shape index (κ2) is 6.42. The standard InChI is InChI=1S/C12H14N2O6S3/c1-2-20-12(15)22(16,17)9-3-5-10(6-4-9)23(18,19)14-8-7-13-11(14)21/h3-6H,2,7-8H2,1H3,(H,13,21). The average Bonchev–Trinajstić information content (AvgIpc) is 2.94. The van der Waals surface area contributed by atoms with Crippen LogP contribution in [0.1, 0.15) is 6.92 Å². The molecule has 1 fully saturated rings. The lowest BCUT2D eigenvalue weighted by molar-refractivity contribution is 0.178. The molecule has 0 spiro atoms. The summed E-state index contributed by atoms with van der Waals surface area (Å²) in [5.41, 5.74) is 0. The third-order valence-electron chi connectivity index (χ3n) is 3.02. The summed E-state index contributed by atoms with van der Waals surface area (Å²) in [5, 5.41) is 1.45. The molecule has 0 amide bonds. The zero-order chi connectivity index (χ0) is 17.3. The van der Waals surface area contributed by atoms with Crippen LogP contribution in [-0.4, -0.2) is 51.3 Å². The summed E-state index contributed by atoms with van der Waals surface area (Å²) < 4.78 is 54.2. The number of benzene rings is 1. The number of carbonyl (C=O) groups is 1. The molecule has 0 unspecified atom stereocenters. The van der Waals surface area contributed by atoms with Gasteiger partial charge in [-0.2, -0.15) is 0 Å². The molecule has 8 nitrogen and oxygen atoms in total. The molecule has 1 aromatic carbocycles. The van der Waals surface area contributed by atoms with E-state index in [4.69, 9.17) is 12.2 Å². The van der Waals surface area contributed by atoms with Crippen molar-refractivity contribution in [2.45, 2.75) is 16.7 Å². The fourth-order valence-electron chi connectivity index (χ4n) is 1.89. The molecular weight excluding hydrogens is 364 g/mol. The Bertz CT molecular complexity index is 830. The zero-order valence-electron chi connectivity index (χ0n) is 12.1. The summed E-state index contributed by atoms with van der Waals surface area (Å²) in [6.45, 7) is 2.01. The lowest BCUT2D eigenvalue weighted by Crippen LogP contribution is -2.34. The van der Waals surface area contributed by atoms with Crippen molar-refractivity contribution in [2.24, 2.45) is 0 Å². The van der Waals surface area contributed by atoms with Crippen LogP contribution in [0.3, 0.4) is 0 Å². The van der Waals surface area contributed by atoms with Crippen molar-refractivity contribution in [2.75, 3.05) is 19.7 Å². The number of hydrogen-bond acceptors (Lipinski definition) is 7. The van der Waals surface area contributed by atoms with Gasteiger partial charge < -0.3 is 10.1 Å². The number of hydrogen-bond donors (Lipinski definition) is 1. The maximum absolute atomic E-state index is 12.4. The van der Waals surface area contributed by atoms with Gasteiger partial charge in [-0.15, -0.1) is 0 Å². The molecule has 0 aromatic heterocycles. The van der Waals surface area contributed by atoms with Gasteiger partial charge in [0.2, 0.25) is 0 Å². The number of sulfonamides is 1. The number of ether oxygens (including phenoxy) is 1. The minimum absolute atomic E-state index is 0.0794. The molecule has 11 heteroatoms. The van der Waals surface area contributed by atoms with E-state index in [0.29, 0.717) is 6.54 Å². The van der Waals surface area contributed by atoms with Gasteiger partial charge in [-0.25, -0.2) is 25.9 Å². The van der Waals surface area contributed by atoms with Crippen molar-refractivity contribution in [3.05, 3.63) is 24.3 Å². The lowest BCUT2D eigenvalue weighted by Gasteiger charge is -2.16. The van der Waals surface area contributed by atoms with Crippen LogP contribution < -0.4 is 5.32 Å². The first kappa shape index (κ1) is 17.6. The highest BCUT2D eigenvalue weighted by molar-refractivity contribution is 8.05. The molecule has 0 atom stereocenters. The average molecular weight is 378 g/mol. The van der Waals surface area contributed by atoms with Crippen molar-refractivity contribution >= 4 is 42.5 Å². The van der Waals surface area contributed by atoms with E-state index < -0.39 is 25.2 Å². The van der Waals surface area contributed by atoms with E-state index >= 15 is 0 Å². The summed E-state index contributed by atoms with van der Waals surface area (Å²) in [7, 11) is -8.16. The van der Waals surface area contributed by atoms with E-state index in [1.165, 1.54) is 6.92 Å². The smallest absolute Gasteiger partial charge is 0.429 e. The Hall–Kier alpha value is -1.72. The van der Waals surface area contributed by atoms with Gasteiger partial charge in [0, 0.05) is 6.54 Å². The molecule has 0 radical (unpaired) electrons. The van der Waals surface area contributed by atoms with E-state index in [1.54, 1.807) is 0 Å². The summed E-state index contributed by atoms with van der Waals surface area (Å²) in [6.07, 6.45) is 0. The van der Waals surface area contributed by atoms with Gasteiger partial charge >= 0.3 is 5.30 Å². The minimum atomic E-state index is -4.30. The third kappa shape index (κ3) is 3.31. The molecule has 1 aliphatic heterocycles. The fourth-order valence-corrected chi connectivity index (χ4v) is 4.69. The van der Waals surface area contributed by atoms with E-state index in [1.807, 2.05) is 0 Å². The molecule has 1 saturated heterocycles. The van der Waals surface area contributed by atoms with Gasteiger partial charge in [0.05, 0.1) is 22.9 Å². The van der Waals surface area contributed by atoms with E-state index in [9.17, 15) is 21.6 Å². The highest BCUT2D eigenvalue weighted by Crippen LogP contribution is 2.21. The topological polar surface area (TPSA) is 110 Å². The Morgan fingerprint density at radius 2 is 1.78 bits per heavy atom. The van der Waals surface area contributed by atoms with E-state index in [2.05, 4.69) is 10.1 Å². The van der Waals surface area contributed by atoms with E-state index in [0.717, 1.165) is 28.6 Å². The van der Waals surface area contributed by atoms with Crippen LogP contribution in [0.2, 0.25) is 0 Å². The van der Waals surface area contributed by atoms with Gasteiger partial charge in [-0.05, 0) is 43.4 Å². The number of nitrogens with zero attached hydrogens (tertiary/aromatic N) is 1. The molecule has 1 N–H and O–H groups in total. The van der Waals surface area contributed by atoms with Crippen molar-refractivity contribution in [3.63, 3.8) is 0 Å². The number of thiocarbonyl (C=S) groups is 1. The van der Waals surface area contributed by atoms with Crippen molar-refractivity contribution in [1.82, 2.24) is 9.62 Å². The number of rotatable bonds is 4. The van der Waals surface area contributed by atoms with Crippen LogP contribution in [0.15, 0.2) is 34.1 Å². The molecule has 1 aromatic rings. The number of nitrogens with one attached hydrogen (secondary N) is 1. The molecule has 1 heterocycles. The van der Waals surface area contributed by atoms with Crippen molar-refractivity contribution < 1.29 is 26.4 Å². The number of carbonyl (C=O) groups excluding carboxylic acids is 1. The summed E-state index contributed by atoms with van der Waals surface area (Å²) in [6, 6.07) is 4.32. The Balaban J connectivity index is 2.33. The molecule has 1 aliphatic rings. The summed E-state index contributed by atoms with van der Waals surface area (Å²) in [4.78, 5) is 11.0. The lowest BCUT2D eigenvalue weighted by atomic mass is 10.4. The molecule has 0 aliphatic carbocycles. The van der Waals surface area contributed by atoms with Crippen LogP contribution in [-0.2, 0) is 24.6 Å². The maximum Gasteiger partial charge on any atom is 0.429 e. The van der Waals surface area contributed by atoms with Crippen LogP contribution in [0.5, 0.6) is 0 Å². The Labute approximate surface area is 139 Å². The monoisotopic (exact) mass is 378 g/mol. The predicted molar refractivity (Wildman–Crippen MR) is 85.1 cm³/mol. The predicted octanol–water partition coefficient (Wildman–Crippen LogP) is 0.496. The van der Waals surface area contributed by atoms with Gasteiger partial charge in [0.1, 0.15) is 0 Å². The second-order valence-electron chi connectivity index (χ2n) is 4.47. The summed E-state index contributed by atoms with van der Waals surface area (Å²) in [5.74, 6) is 0. The van der Waals surface area contributed by atoms with Crippen LogP contribution in [0, 0.1) is 0 Å². The first-order valence-electron chi connectivity index (χ1n) is 6.53. The maximum atomic E-state index is 12.4. The molecule has 2 rings (SSSR count). The Morgan fingerprint density at radius 1 is 1.22 bits per heavy atom. The Morgan fingerprint density at radius 3 is 2.26 bits per heavy atom. The van der Waals surface area contributed by atoms with Gasteiger partial charge in [0.15, 0.2) is 5.11 Å². The SMILES string of the molecule is CCOC(=O)S(=O)(=O)c1ccc(S(=O)(=O)N2CCNC2=S)cc1. The quantitative estimate of drug-likeness (QED) is 0.596. The van der Waals surface area contributed by atoms with Crippen molar-refractivity contribution in [1.29, 1.82) is 0 Å². The van der Waals surface area contributed by atoms with E-state index in [-0.39, 0.29) is 28.1 Å². The van der Waals surface area contributed by atoms with Crippen LogP contribution in [0.25, 0.3) is 0 Å². The highest BCUT2D eigenvalue weighted by Gasteiger charge is 2.31. The molecule has 23 heavy (non-hydrogen) atoms. The van der Waals surface area contributed by atoms with Gasteiger partial charge in [0.25, 0.3) is 19.9 Å². The first-order chi connectivity index (χ1) is 10.7. The van der Waals surface area contributed by atoms with Gasteiger partial charge in [-0.3, -0.25) is 0 Å². The first-order valence-corrected chi connectivity index (χ1v) is 9.87. The molecular formula is C12H14N2O6S3. The minimum Gasteiger partial charge on any atom is -0.454 e. The third-order valence-corrected chi connectivity index (χ3v) is 6.76. The van der Waals surface area contributed by atoms with Crippen LogP contribution >= 0.6 is 12.2 Å². The summed E-state index contributed by atoms with van der Waals surface area (Å²) >= 11 is 4.92. The number of sulfone groups is 1. The fraction of sp³-hybridized carbons (Fsp3) is 0.333. The highest BCUT2D eigenvalue weighted by atomic mass is 32.2. The molecule has 126 valence electrons. The normalized spacial score (nSPS) is 15.3. The molecule has 0 bridgehead atoms. The Kier molecular flexibility index (Phi) is 4.92. The second-order valence-corrected chi connectivity index (χ2v) is 8.53.